The highest BCUT2D eigenvalue weighted by Crippen LogP contribution is 2.32. The molecule has 0 radical (unpaired) electrons. The molecule has 0 aliphatic carbocycles. The first-order valence-corrected chi connectivity index (χ1v) is 7.92. The van der Waals surface area contributed by atoms with E-state index in [0.717, 1.165) is 23.5 Å². The van der Waals surface area contributed by atoms with Gasteiger partial charge in [-0.1, -0.05) is 0 Å². The van der Waals surface area contributed by atoms with E-state index < -0.39 is 11.7 Å². The number of halogens is 4. The molecule has 23 heavy (non-hydrogen) atoms. The van der Waals surface area contributed by atoms with Crippen molar-refractivity contribution in [3.8, 4) is 0 Å². The zero-order valence-corrected chi connectivity index (χ0v) is 14.7. The third-order valence-corrected chi connectivity index (χ3v) is 4.16. The van der Waals surface area contributed by atoms with Gasteiger partial charge in [0, 0.05) is 22.2 Å². The lowest BCUT2D eigenvalue weighted by Crippen LogP contribution is -2.17. The number of amides is 1. The summed E-state index contributed by atoms with van der Waals surface area (Å²) in [6, 6.07) is 5.17. The molecule has 0 aliphatic rings. The number of carbonyl (C=O) groups is 1. The summed E-state index contributed by atoms with van der Waals surface area (Å²) in [6.45, 7) is 4.11. The maximum Gasteiger partial charge on any atom is 0.416 e. The molecular formula is C15H15F3IN3O. The molecule has 0 unspecified atom stereocenters. The van der Waals surface area contributed by atoms with Crippen LogP contribution in [0.3, 0.4) is 0 Å². The Morgan fingerprint density at radius 1 is 1.30 bits per heavy atom. The molecule has 1 heterocycles. The number of aromatic nitrogens is 2. The fourth-order valence-corrected chi connectivity index (χ4v) is 2.59. The van der Waals surface area contributed by atoms with E-state index in [2.05, 4.69) is 10.4 Å². The van der Waals surface area contributed by atoms with Crippen molar-refractivity contribution >= 4 is 34.2 Å². The van der Waals surface area contributed by atoms with Crippen LogP contribution in [0, 0.1) is 17.4 Å². The molecule has 0 aliphatic heterocycles. The fraction of sp³-hybridized carbons (Fsp3) is 0.333. The molecule has 2 rings (SSSR count). The second-order valence-electron chi connectivity index (χ2n) is 5.14. The van der Waals surface area contributed by atoms with E-state index in [1.54, 1.807) is 4.68 Å². The largest absolute Gasteiger partial charge is 0.416 e. The minimum Gasteiger partial charge on any atom is -0.325 e. The van der Waals surface area contributed by atoms with E-state index in [1.807, 2.05) is 42.5 Å². The first kappa shape index (κ1) is 17.8. The SMILES string of the molecule is Cc1cc(C)n(CCC(=O)Nc2cc(C(F)(F)F)ccc2I)n1. The van der Waals surface area contributed by atoms with Crippen molar-refractivity contribution in [1.29, 1.82) is 0 Å². The minimum atomic E-state index is -4.44. The molecule has 2 aromatic rings. The van der Waals surface area contributed by atoms with Crippen LogP contribution in [0.25, 0.3) is 0 Å². The van der Waals surface area contributed by atoms with E-state index in [-0.39, 0.29) is 18.0 Å². The van der Waals surface area contributed by atoms with Crippen LogP contribution in [-0.2, 0) is 17.5 Å². The number of nitrogens with one attached hydrogen (secondary N) is 1. The molecule has 8 heteroatoms. The Labute approximate surface area is 145 Å². The Balaban J connectivity index is 2.04. The quantitative estimate of drug-likeness (QED) is 0.731. The van der Waals surface area contributed by atoms with Gasteiger partial charge in [0.1, 0.15) is 0 Å². The normalized spacial score (nSPS) is 11.6. The summed E-state index contributed by atoms with van der Waals surface area (Å²) >= 11 is 1.89. The number of rotatable bonds is 4. The molecule has 1 amide bonds. The van der Waals surface area contributed by atoms with Crippen LogP contribution in [0.4, 0.5) is 18.9 Å². The average molecular weight is 437 g/mol. The summed E-state index contributed by atoms with van der Waals surface area (Å²) in [5.41, 5.74) is 1.17. The molecule has 1 aromatic heterocycles. The summed E-state index contributed by atoms with van der Waals surface area (Å²) < 4.78 is 40.4. The first-order valence-electron chi connectivity index (χ1n) is 6.84. The van der Waals surface area contributed by atoms with Gasteiger partial charge in [0.2, 0.25) is 5.91 Å². The molecular weight excluding hydrogens is 422 g/mol. The highest BCUT2D eigenvalue weighted by Gasteiger charge is 2.31. The van der Waals surface area contributed by atoms with E-state index >= 15 is 0 Å². The van der Waals surface area contributed by atoms with Crippen molar-refractivity contribution < 1.29 is 18.0 Å². The lowest BCUT2D eigenvalue weighted by Gasteiger charge is -2.12. The lowest BCUT2D eigenvalue weighted by atomic mass is 10.2. The number of carbonyl (C=O) groups excluding carboxylic acids is 1. The topological polar surface area (TPSA) is 46.9 Å². The van der Waals surface area contributed by atoms with Crippen molar-refractivity contribution in [1.82, 2.24) is 9.78 Å². The first-order chi connectivity index (χ1) is 10.7. The predicted molar refractivity (Wildman–Crippen MR) is 89.1 cm³/mol. The van der Waals surface area contributed by atoms with Gasteiger partial charge in [-0.3, -0.25) is 9.48 Å². The number of anilines is 1. The van der Waals surface area contributed by atoms with Crippen LogP contribution in [0.5, 0.6) is 0 Å². The molecule has 124 valence electrons. The van der Waals surface area contributed by atoms with Gasteiger partial charge in [0.15, 0.2) is 0 Å². The van der Waals surface area contributed by atoms with Crippen molar-refractivity contribution in [2.24, 2.45) is 0 Å². The molecule has 4 nitrogen and oxygen atoms in total. The van der Waals surface area contributed by atoms with Crippen LogP contribution >= 0.6 is 22.6 Å². The molecule has 1 aromatic carbocycles. The Hall–Kier alpha value is -1.58. The van der Waals surface area contributed by atoms with E-state index in [1.165, 1.54) is 6.07 Å². The summed E-state index contributed by atoms with van der Waals surface area (Å²) in [5, 5.41) is 6.77. The Bertz CT molecular complexity index is 725. The smallest absolute Gasteiger partial charge is 0.325 e. The van der Waals surface area contributed by atoms with Crippen molar-refractivity contribution in [2.75, 3.05) is 5.32 Å². The average Bonchev–Trinajstić information content (AvgIpc) is 2.76. The van der Waals surface area contributed by atoms with Gasteiger partial charge in [-0.25, -0.2) is 0 Å². The Kier molecular flexibility index (Phi) is 5.33. The van der Waals surface area contributed by atoms with Crippen molar-refractivity contribution in [3.05, 3.63) is 44.8 Å². The van der Waals surface area contributed by atoms with Gasteiger partial charge in [0.05, 0.1) is 16.9 Å². The maximum atomic E-state index is 12.7. The fourth-order valence-electron chi connectivity index (χ4n) is 2.12. The van der Waals surface area contributed by atoms with Crippen molar-refractivity contribution in [2.45, 2.75) is 33.0 Å². The predicted octanol–water partition coefficient (Wildman–Crippen LogP) is 4.15. The number of nitrogens with zero attached hydrogens (tertiary/aromatic N) is 2. The van der Waals surface area contributed by atoms with Crippen LogP contribution in [0.1, 0.15) is 23.4 Å². The molecule has 0 bridgehead atoms. The van der Waals surface area contributed by atoms with Crippen LogP contribution in [-0.4, -0.2) is 15.7 Å². The maximum absolute atomic E-state index is 12.7. The van der Waals surface area contributed by atoms with Gasteiger partial charge in [-0.05, 0) is 60.7 Å². The number of hydrogen-bond donors (Lipinski definition) is 1. The van der Waals surface area contributed by atoms with Crippen LogP contribution in [0.15, 0.2) is 24.3 Å². The summed E-state index contributed by atoms with van der Waals surface area (Å²) in [5.74, 6) is -0.352. The van der Waals surface area contributed by atoms with Gasteiger partial charge < -0.3 is 5.32 Å². The summed E-state index contributed by atoms with van der Waals surface area (Å²) in [6.07, 6.45) is -4.30. The highest BCUT2D eigenvalue weighted by molar-refractivity contribution is 14.1. The second kappa shape index (κ2) is 6.90. The number of hydrogen-bond acceptors (Lipinski definition) is 2. The molecule has 1 N–H and O–H groups in total. The number of aryl methyl sites for hydroxylation is 3. The summed E-state index contributed by atoms with van der Waals surface area (Å²) in [4.78, 5) is 12.0. The zero-order chi connectivity index (χ0) is 17.2. The molecule has 0 fully saturated rings. The van der Waals surface area contributed by atoms with Gasteiger partial charge in [-0.15, -0.1) is 0 Å². The molecule has 0 saturated heterocycles. The van der Waals surface area contributed by atoms with Gasteiger partial charge in [0.25, 0.3) is 0 Å². The van der Waals surface area contributed by atoms with Crippen LogP contribution < -0.4 is 5.32 Å². The molecule has 0 atom stereocenters. The standard InChI is InChI=1S/C15H15F3IN3O/c1-9-7-10(2)22(21-9)6-5-14(23)20-13-8-11(15(16,17)18)3-4-12(13)19/h3-4,7-8H,5-6H2,1-2H3,(H,20,23). The third kappa shape index (κ3) is 4.69. The molecule has 0 saturated carbocycles. The monoisotopic (exact) mass is 437 g/mol. The zero-order valence-electron chi connectivity index (χ0n) is 12.5. The number of benzene rings is 1. The third-order valence-electron chi connectivity index (χ3n) is 3.22. The Morgan fingerprint density at radius 3 is 2.57 bits per heavy atom. The van der Waals surface area contributed by atoms with Crippen molar-refractivity contribution in [3.63, 3.8) is 0 Å². The van der Waals surface area contributed by atoms with Gasteiger partial charge in [-0.2, -0.15) is 18.3 Å². The van der Waals surface area contributed by atoms with E-state index in [4.69, 9.17) is 0 Å². The molecule has 0 spiro atoms. The minimum absolute atomic E-state index is 0.133. The Morgan fingerprint density at radius 2 is 2.00 bits per heavy atom. The van der Waals surface area contributed by atoms with E-state index in [9.17, 15) is 18.0 Å². The highest BCUT2D eigenvalue weighted by atomic mass is 127. The second-order valence-corrected chi connectivity index (χ2v) is 6.30. The number of alkyl halides is 3. The lowest BCUT2D eigenvalue weighted by molar-refractivity contribution is -0.137. The van der Waals surface area contributed by atoms with Gasteiger partial charge >= 0.3 is 6.18 Å². The summed E-state index contributed by atoms with van der Waals surface area (Å²) in [7, 11) is 0. The van der Waals surface area contributed by atoms with E-state index in [0.29, 0.717) is 10.1 Å². The van der Waals surface area contributed by atoms with Crippen LogP contribution in [0.2, 0.25) is 0 Å².